The number of pyridine rings is 1. The number of nitrogens with one attached hydrogen (secondary N) is 1. The Balaban J connectivity index is 1.28. The molecular formula is C30H30F3N5O3. The Morgan fingerprint density at radius 3 is 2.51 bits per heavy atom. The zero-order chi connectivity index (χ0) is 29.1. The largest absolute Gasteiger partial charge is 0.443 e. The molecule has 41 heavy (non-hydrogen) atoms. The van der Waals surface area contributed by atoms with Crippen molar-refractivity contribution >= 4 is 35.0 Å². The lowest BCUT2D eigenvalue weighted by Crippen LogP contribution is -2.56. The van der Waals surface area contributed by atoms with Crippen LogP contribution in [0.2, 0.25) is 0 Å². The molecule has 0 aliphatic carbocycles. The van der Waals surface area contributed by atoms with Crippen LogP contribution in [-0.4, -0.2) is 42.0 Å². The van der Waals surface area contributed by atoms with Gasteiger partial charge in [-0.15, -0.1) is 0 Å². The van der Waals surface area contributed by atoms with Crippen molar-refractivity contribution in [3.05, 3.63) is 65.7 Å². The number of carbonyl (C=O) groups excluding carboxylic acids is 2. The summed E-state index contributed by atoms with van der Waals surface area (Å²) in [6, 6.07) is 13.6. The zero-order valence-corrected chi connectivity index (χ0v) is 23.0. The maximum atomic E-state index is 13.7. The van der Waals surface area contributed by atoms with Crippen LogP contribution in [0.15, 0.2) is 54.6 Å². The number of ether oxygens (including phenoxy) is 1. The smallest absolute Gasteiger partial charge is 0.416 e. The number of benzene rings is 2. The summed E-state index contributed by atoms with van der Waals surface area (Å²) >= 11 is 0. The molecule has 0 spiro atoms. The molecule has 3 amide bonds. The van der Waals surface area contributed by atoms with E-state index in [1.807, 2.05) is 26.8 Å². The number of nitrogens with zero attached hydrogens (tertiary/aromatic N) is 4. The van der Waals surface area contributed by atoms with Crippen molar-refractivity contribution in [3.8, 4) is 11.3 Å². The van der Waals surface area contributed by atoms with Crippen molar-refractivity contribution < 1.29 is 27.5 Å². The van der Waals surface area contributed by atoms with Gasteiger partial charge in [-0.2, -0.15) is 13.2 Å². The summed E-state index contributed by atoms with van der Waals surface area (Å²) in [5, 5.41) is 2.95. The minimum atomic E-state index is -4.47. The molecule has 8 nitrogen and oxygen atoms in total. The van der Waals surface area contributed by atoms with Crippen molar-refractivity contribution in [2.75, 3.05) is 33.1 Å². The van der Waals surface area contributed by atoms with E-state index in [1.165, 1.54) is 6.07 Å². The number of fused-ring (bicyclic) bond motifs is 4. The maximum Gasteiger partial charge on any atom is 0.416 e. The molecule has 1 atom stereocenters. The van der Waals surface area contributed by atoms with Gasteiger partial charge in [0.05, 0.1) is 22.6 Å². The average Bonchev–Trinajstić information content (AvgIpc) is 3.11. The Hall–Kier alpha value is -4.28. The highest BCUT2D eigenvalue weighted by Gasteiger charge is 2.46. The van der Waals surface area contributed by atoms with E-state index in [9.17, 15) is 22.8 Å². The molecule has 4 heterocycles. The molecule has 1 saturated heterocycles. The zero-order valence-electron chi connectivity index (χ0n) is 23.0. The predicted molar refractivity (Wildman–Crippen MR) is 150 cm³/mol. The maximum absolute atomic E-state index is 13.7. The van der Waals surface area contributed by atoms with Gasteiger partial charge in [0.1, 0.15) is 11.8 Å². The normalized spacial score (nSPS) is 17.8. The lowest BCUT2D eigenvalue weighted by molar-refractivity contribution is -0.137. The number of alkyl halides is 3. The molecule has 1 aromatic heterocycles. The molecule has 2 aromatic carbocycles. The molecule has 214 valence electrons. The van der Waals surface area contributed by atoms with Crippen molar-refractivity contribution in [3.63, 3.8) is 0 Å². The monoisotopic (exact) mass is 565 g/mol. The number of urea groups is 1. The van der Waals surface area contributed by atoms with Crippen molar-refractivity contribution in [1.82, 2.24) is 4.98 Å². The van der Waals surface area contributed by atoms with Gasteiger partial charge in [0, 0.05) is 30.8 Å². The van der Waals surface area contributed by atoms with Crippen molar-refractivity contribution in [2.45, 2.75) is 58.0 Å². The minimum absolute atomic E-state index is 0.231. The molecule has 0 bridgehead atoms. The number of anilines is 4. The Kier molecular flexibility index (Phi) is 6.35. The summed E-state index contributed by atoms with van der Waals surface area (Å²) in [6.45, 7) is 6.71. The average molecular weight is 566 g/mol. The highest BCUT2D eigenvalue weighted by Crippen LogP contribution is 2.45. The molecule has 3 aliphatic rings. The third kappa shape index (κ3) is 5.05. The first-order chi connectivity index (χ1) is 19.4. The van der Waals surface area contributed by atoms with Crippen LogP contribution in [0.3, 0.4) is 0 Å². The van der Waals surface area contributed by atoms with Crippen molar-refractivity contribution in [1.29, 1.82) is 0 Å². The van der Waals surface area contributed by atoms with Crippen LogP contribution in [0.1, 0.15) is 44.7 Å². The highest BCUT2D eigenvalue weighted by atomic mass is 19.4. The van der Waals surface area contributed by atoms with Crippen LogP contribution in [0.4, 0.5) is 45.6 Å². The second-order valence-electron chi connectivity index (χ2n) is 11.5. The van der Waals surface area contributed by atoms with Gasteiger partial charge in [-0.05, 0) is 75.6 Å². The van der Waals surface area contributed by atoms with Gasteiger partial charge in [-0.1, -0.05) is 18.2 Å². The lowest BCUT2D eigenvalue weighted by Gasteiger charge is -2.40. The Morgan fingerprint density at radius 2 is 1.80 bits per heavy atom. The third-order valence-corrected chi connectivity index (χ3v) is 7.45. The van der Waals surface area contributed by atoms with Gasteiger partial charge in [-0.3, -0.25) is 9.80 Å². The van der Waals surface area contributed by atoms with E-state index in [4.69, 9.17) is 4.74 Å². The van der Waals surface area contributed by atoms with Gasteiger partial charge < -0.3 is 15.0 Å². The summed E-state index contributed by atoms with van der Waals surface area (Å²) in [6.07, 6.45) is -2.80. The Morgan fingerprint density at radius 1 is 1.00 bits per heavy atom. The van der Waals surface area contributed by atoms with E-state index in [1.54, 1.807) is 40.1 Å². The standard InChI is InChI=1S/C30H30F3N5O3/c1-29(2,3)41-28(40)37-14-5-7-18-9-10-21(17-24(18)37)34-27(39)38-25-13-15-36(25)23-12-11-22(35-26(23)38)19-6-4-8-20(16-19)30(31,32)33/h4,6,8-12,16-17,25H,5,7,13-15H2,1-3H3,(H,34,39). The van der Waals surface area contributed by atoms with E-state index < -0.39 is 29.5 Å². The van der Waals surface area contributed by atoms with E-state index in [0.717, 1.165) is 49.2 Å². The first kappa shape index (κ1) is 26.9. The van der Waals surface area contributed by atoms with Gasteiger partial charge in [0.25, 0.3) is 0 Å². The topological polar surface area (TPSA) is 78.0 Å². The van der Waals surface area contributed by atoms with Crippen LogP contribution < -0.4 is 20.0 Å². The van der Waals surface area contributed by atoms with Crippen LogP contribution in [0, 0.1) is 0 Å². The van der Waals surface area contributed by atoms with Gasteiger partial charge in [0.2, 0.25) is 0 Å². The fourth-order valence-corrected chi connectivity index (χ4v) is 5.50. The van der Waals surface area contributed by atoms with Gasteiger partial charge >= 0.3 is 18.3 Å². The molecule has 0 radical (unpaired) electrons. The van der Waals surface area contributed by atoms with E-state index in [0.29, 0.717) is 35.0 Å². The number of aryl methyl sites for hydroxylation is 1. The molecule has 1 unspecified atom stereocenters. The molecule has 6 rings (SSSR count). The lowest BCUT2D eigenvalue weighted by atomic mass is 10.0. The Bertz CT molecular complexity index is 1530. The number of halogens is 3. The first-order valence-corrected chi connectivity index (χ1v) is 13.6. The summed E-state index contributed by atoms with van der Waals surface area (Å²) in [4.78, 5) is 36.4. The second kappa shape index (κ2) is 9.67. The molecule has 3 aliphatic heterocycles. The molecule has 0 saturated carbocycles. The number of amides is 3. The summed E-state index contributed by atoms with van der Waals surface area (Å²) in [5.41, 5.74) is 2.21. The third-order valence-electron chi connectivity index (χ3n) is 7.45. The van der Waals surface area contributed by atoms with Gasteiger partial charge in [-0.25, -0.2) is 14.6 Å². The molecule has 11 heteroatoms. The minimum Gasteiger partial charge on any atom is -0.443 e. The van der Waals surface area contributed by atoms with E-state index >= 15 is 0 Å². The number of hydrogen-bond donors (Lipinski definition) is 1. The number of hydrogen-bond acceptors (Lipinski definition) is 5. The number of rotatable bonds is 2. The highest BCUT2D eigenvalue weighted by molar-refractivity contribution is 6.06. The fourth-order valence-electron chi connectivity index (χ4n) is 5.50. The Labute approximate surface area is 235 Å². The van der Waals surface area contributed by atoms with Crippen LogP contribution in [0.25, 0.3) is 11.3 Å². The number of aromatic nitrogens is 1. The first-order valence-electron chi connectivity index (χ1n) is 13.6. The van der Waals surface area contributed by atoms with Crippen LogP contribution in [-0.2, 0) is 17.3 Å². The van der Waals surface area contributed by atoms with Crippen LogP contribution in [0.5, 0.6) is 0 Å². The predicted octanol–water partition coefficient (Wildman–Crippen LogP) is 7.04. The van der Waals surface area contributed by atoms with Gasteiger partial charge in [0.15, 0.2) is 5.82 Å². The van der Waals surface area contributed by atoms with Crippen LogP contribution >= 0.6 is 0 Å². The molecule has 1 N–H and O–H groups in total. The molecular weight excluding hydrogens is 535 g/mol. The summed E-state index contributed by atoms with van der Waals surface area (Å²) in [5.74, 6) is 0.397. The molecule has 1 fully saturated rings. The quantitative estimate of drug-likeness (QED) is 0.361. The summed E-state index contributed by atoms with van der Waals surface area (Å²) in [7, 11) is 0. The molecule has 3 aromatic rings. The SMILES string of the molecule is CC(C)(C)OC(=O)N1CCCc2ccc(NC(=O)N3c4nc(-c5cccc(C(F)(F)F)c5)ccc4N4CCC43)cc21. The summed E-state index contributed by atoms with van der Waals surface area (Å²) < 4.78 is 45.6. The second-order valence-corrected chi connectivity index (χ2v) is 11.5. The van der Waals surface area contributed by atoms with E-state index in [2.05, 4.69) is 15.2 Å². The number of carbonyl (C=O) groups is 2. The fraction of sp³-hybridized carbons (Fsp3) is 0.367. The van der Waals surface area contributed by atoms with E-state index in [-0.39, 0.29) is 6.17 Å². The van der Waals surface area contributed by atoms with Crippen molar-refractivity contribution in [2.24, 2.45) is 0 Å².